The molecule has 0 aromatic carbocycles. The maximum absolute atomic E-state index is 11.8. The van der Waals surface area contributed by atoms with Gasteiger partial charge in [0.1, 0.15) is 0 Å². The number of carbonyl (C=O) groups excluding carboxylic acids is 1. The molecular weight excluding hydrogens is 230 g/mol. The van der Waals surface area contributed by atoms with E-state index in [9.17, 15) is 4.79 Å². The fraction of sp³-hybridized carbons (Fsp3) is 0.692. The first kappa shape index (κ1) is 13.1. The van der Waals surface area contributed by atoms with Crippen LogP contribution in [0, 0.1) is 5.92 Å². The highest BCUT2D eigenvalue weighted by Gasteiger charge is 2.25. The zero-order chi connectivity index (χ0) is 13.1. The quantitative estimate of drug-likeness (QED) is 0.839. The predicted octanol–water partition coefficient (Wildman–Crippen LogP) is 1.02. The van der Waals surface area contributed by atoms with E-state index in [-0.39, 0.29) is 24.5 Å². The highest BCUT2D eigenvalue weighted by atomic mass is 16.3. The van der Waals surface area contributed by atoms with Crippen molar-refractivity contribution < 1.29 is 9.90 Å². The molecule has 5 nitrogen and oxygen atoms in total. The molecule has 1 unspecified atom stereocenters. The molecule has 100 valence electrons. The van der Waals surface area contributed by atoms with Crippen molar-refractivity contribution in [3.05, 3.63) is 17.5 Å². The second-order valence-electron chi connectivity index (χ2n) is 5.10. The molecule has 0 radical (unpaired) electrons. The van der Waals surface area contributed by atoms with Gasteiger partial charge in [-0.25, -0.2) is 0 Å². The van der Waals surface area contributed by atoms with Gasteiger partial charge in [-0.2, -0.15) is 5.10 Å². The topological polar surface area (TPSA) is 67.2 Å². The van der Waals surface area contributed by atoms with Gasteiger partial charge in [0.15, 0.2) is 0 Å². The van der Waals surface area contributed by atoms with E-state index in [1.54, 1.807) is 0 Å². The molecule has 0 saturated carbocycles. The van der Waals surface area contributed by atoms with Crippen LogP contribution in [0.5, 0.6) is 0 Å². The minimum Gasteiger partial charge on any atom is -0.394 e. The Labute approximate surface area is 107 Å². The summed E-state index contributed by atoms with van der Waals surface area (Å²) in [6.07, 6.45) is 4.82. The largest absolute Gasteiger partial charge is 0.394 e. The van der Waals surface area contributed by atoms with Gasteiger partial charge in [0.2, 0.25) is 5.91 Å². The van der Waals surface area contributed by atoms with Crippen LogP contribution in [-0.2, 0) is 17.8 Å². The van der Waals surface area contributed by atoms with Crippen LogP contribution in [0.1, 0.15) is 44.0 Å². The highest BCUT2D eigenvalue weighted by Crippen LogP contribution is 2.29. The monoisotopic (exact) mass is 251 g/mol. The van der Waals surface area contributed by atoms with Crippen LogP contribution < -0.4 is 5.32 Å². The van der Waals surface area contributed by atoms with Gasteiger partial charge in [0.25, 0.3) is 0 Å². The molecule has 2 rings (SSSR count). The lowest BCUT2D eigenvalue weighted by molar-refractivity contribution is -0.124. The predicted molar refractivity (Wildman–Crippen MR) is 68.0 cm³/mol. The molecule has 0 fully saturated rings. The Kier molecular flexibility index (Phi) is 4.01. The molecule has 0 spiro atoms. The number of carbonyl (C=O) groups is 1. The number of aliphatic hydroxyl groups is 1. The summed E-state index contributed by atoms with van der Waals surface area (Å²) in [5, 5.41) is 16.4. The molecule has 1 aliphatic rings. The van der Waals surface area contributed by atoms with Crippen molar-refractivity contribution in [1.29, 1.82) is 0 Å². The molecule has 18 heavy (non-hydrogen) atoms. The molecule has 1 aromatic heterocycles. The third kappa shape index (κ3) is 2.56. The molecule has 2 N–H and O–H groups in total. The summed E-state index contributed by atoms with van der Waals surface area (Å²) in [5.74, 6) is 0.0885. The lowest BCUT2D eigenvalue weighted by Gasteiger charge is -2.25. The van der Waals surface area contributed by atoms with Crippen molar-refractivity contribution in [3.63, 3.8) is 0 Å². The summed E-state index contributed by atoms with van der Waals surface area (Å²) in [4.78, 5) is 11.8. The number of hydrogen-bond acceptors (Lipinski definition) is 3. The van der Waals surface area contributed by atoms with Gasteiger partial charge in [0.05, 0.1) is 25.4 Å². The van der Waals surface area contributed by atoms with Gasteiger partial charge in [-0.3, -0.25) is 9.48 Å². The number of fused-ring (bicyclic) bond motifs is 1. The molecule has 0 aliphatic heterocycles. The number of aromatic nitrogens is 2. The summed E-state index contributed by atoms with van der Waals surface area (Å²) in [7, 11) is 0. The minimum absolute atomic E-state index is 0.00265. The van der Waals surface area contributed by atoms with Gasteiger partial charge >= 0.3 is 0 Å². The van der Waals surface area contributed by atoms with Crippen molar-refractivity contribution in [2.45, 2.75) is 45.7 Å². The summed E-state index contributed by atoms with van der Waals surface area (Å²) >= 11 is 0. The summed E-state index contributed by atoms with van der Waals surface area (Å²) in [6, 6.07) is 0.0797. The van der Waals surface area contributed by atoms with E-state index in [4.69, 9.17) is 5.11 Å². The van der Waals surface area contributed by atoms with Gasteiger partial charge < -0.3 is 10.4 Å². The van der Waals surface area contributed by atoms with Crippen molar-refractivity contribution >= 4 is 5.91 Å². The fourth-order valence-electron chi connectivity index (χ4n) is 2.39. The summed E-state index contributed by atoms with van der Waals surface area (Å²) in [5.41, 5.74) is 2.27. The number of nitrogens with one attached hydrogen (secondary N) is 1. The second-order valence-corrected chi connectivity index (χ2v) is 5.10. The number of amides is 1. The van der Waals surface area contributed by atoms with Crippen molar-refractivity contribution in [2.75, 3.05) is 6.61 Å². The second kappa shape index (κ2) is 5.52. The van der Waals surface area contributed by atoms with Crippen molar-refractivity contribution in [3.8, 4) is 0 Å². The van der Waals surface area contributed by atoms with E-state index < -0.39 is 0 Å². The molecule has 5 heteroatoms. The minimum atomic E-state index is 0.00265. The third-order valence-corrected chi connectivity index (χ3v) is 3.42. The summed E-state index contributed by atoms with van der Waals surface area (Å²) < 4.78 is 1.85. The Morgan fingerprint density at radius 3 is 3.11 bits per heavy atom. The maximum Gasteiger partial charge on any atom is 0.223 e. The van der Waals surface area contributed by atoms with Gasteiger partial charge in [-0.1, -0.05) is 13.8 Å². The number of rotatable bonds is 4. The van der Waals surface area contributed by atoms with E-state index >= 15 is 0 Å². The van der Waals surface area contributed by atoms with E-state index in [1.165, 1.54) is 0 Å². The van der Waals surface area contributed by atoms with Crippen molar-refractivity contribution in [2.24, 2.45) is 5.92 Å². The first-order valence-electron chi connectivity index (χ1n) is 6.59. The zero-order valence-corrected chi connectivity index (χ0v) is 11.0. The Bertz CT molecular complexity index is 426. The van der Waals surface area contributed by atoms with E-state index in [2.05, 4.69) is 10.4 Å². The average Bonchev–Trinajstić information content (AvgIpc) is 2.74. The lowest BCUT2D eigenvalue weighted by atomic mass is 9.92. The Morgan fingerprint density at radius 1 is 1.67 bits per heavy atom. The van der Waals surface area contributed by atoms with Gasteiger partial charge in [-0.15, -0.1) is 0 Å². The van der Waals surface area contributed by atoms with Crippen LogP contribution in [-0.4, -0.2) is 27.4 Å². The Morgan fingerprint density at radius 2 is 2.44 bits per heavy atom. The first-order chi connectivity index (χ1) is 8.63. The number of hydrogen-bond donors (Lipinski definition) is 2. The van der Waals surface area contributed by atoms with Crippen molar-refractivity contribution in [1.82, 2.24) is 15.1 Å². The fourth-order valence-corrected chi connectivity index (χ4v) is 2.39. The van der Waals surface area contributed by atoms with Crippen LogP contribution in [0.2, 0.25) is 0 Å². The van der Waals surface area contributed by atoms with E-state index in [1.807, 2.05) is 24.7 Å². The SMILES string of the molecule is CC(C)C(=O)NC1CCCc2c1cnn2CCO. The van der Waals surface area contributed by atoms with Gasteiger partial charge in [0, 0.05) is 17.2 Å². The maximum atomic E-state index is 11.8. The molecular formula is C13H21N3O2. The molecule has 1 atom stereocenters. The Balaban J connectivity index is 2.15. The number of aliphatic hydroxyl groups excluding tert-OH is 1. The molecule has 1 amide bonds. The van der Waals surface area contributed by atoms with Crippen LogP contribution in [0.15, 0.2) is 6.20 Å². The summed E-state index contributed by atoms with van der Waals surface area (Å²) in [6.45, 7) is 4.42. The lowest BCUT2D eigenvalue weighted by Crippen LogP contribution is -2.33. The van der Waals surface area contributed by atoms with Crippen LogP contribution in [0.25, 0.3) is 0 Å². The molecule has 1 aromatic rings. The van der Waals surface area contributed by atoms with Crippen LogP contribution >= 0.6 is 0 Å². The average molecular weight is 251 g/mol. The standard InChI is InChI=1S/C13H21N3O2/c1-9(2)13(18)15-11-4-3-5-12-10(11)8-14-16(12)6-7-17/h8-9,11,17H,3-7H2,1-2H3,(H,15,18). The third-order valence-electron chi connectivity index (χ3n) is 3.42. The molecule has 0 bridgehead atoms. The number of nitrogens with zero attached hydrogens (tertiary/aromatic N) is 2. The normalized spacial score (nSPS) is 18.8. The van der Waals surface area contributed by atoms with E-state index in [0.29, 0.717) is 6.54 Å². The van der Waals surface area contributed by atoms with E-state index in [0.717, 1.165) is 30.5 Å². The molecule has 0 saturated heterocycles. The van der Waals surface area contributed by atoms with Crippen LogP contribution in [0.3, 0.4) is 0 Å². The first-order valence-corrected chi connectivity index (χ1v) is 6.59. The smallest absolute Gasteiger partial charge is 0.223 e. The molecule has 1 heterocycles. The molecule has 1 aliphatic carbocycles. The van der Waals surface area contributed by atoms with Crippen LogP contribution in [0.4, 0.5) is 0 Å². The zero-order valence-electron chi connectivity index (χ0n) is 11.0. The van der Waals surface area contributed by atoms with Gasteiger partial charge in [-0.05, 0) is 19.3 Å². The Hall–Kier alpha value is -1.36. The highest BCUT2D eigenvalue weighted by molar-refractivity contribution is 5.78.